The summed E-state index contributed by atoms with van der Waals surface area (Å²) in [6.45, 7) is 3.57. The van der Waals surface area contributed by atoms with E-state index in [1.165, 1.54) is 18.2 Å². The number of likely N-dealkylation sites (tertiary alicyclic amines) is 1. The van der Waals surface area contributed by atoms with Gasteiger partial charge in [0.15, 0.2) is 5.78 Å². The van der Waals surface area contributed by atoms with Crippen molar-refractivity contribution in [3.8, 4) is 0 Å². The molecule has 1 fully saturated rings. The number of carbonyl (C=O) groups excluding carboxylic acids is 2. The van der Waals surface area contributed by atoms with Crippen LogP contribution >= 0.6 is 15.9 Å². The molecule has 1 heterocycles. The van der Waals surface area contributed by atoms with Crippen LogP contribution in [0.25, 0.3) is 0 Å². The first kappa shape index (κ1) is 21.1. The Bertz CT molecular complexity index is 922. The number of amides is 1. The van der Waals surface area contributed by atoms with Gasteiger partial charge in [-0.15, -0.1) is 0 Å². The lowest BCUT2D eigenvalue weighted by molar-refractivity contribution is -0.384. The first-order valence-electron chi connectivity index (χ1n) is 9.40. The molecule has 0 atom stereocenters. The molecule has 2 aromatic rings. The van der Waals surface area contributed by atoms with E-state index in [0.717, 1.165) is 24.0 Å². The fraction of sp³-hybridized carbons (Fsp3) is 0.333. The Morgan fingerprint density at radius 2 is 1.83 bits per heavy atom. The molecule has 0 radical (unpaired) electrons. The lowest BCUT2D eigenvalue weighted by Crippen LogP contribution is -2.40. The van der Waals surface area contributed by atoms with Crippen LogP contribution in [0.1, 0.15) is 28.8 Å². The van der Waals surface area contributed by atoms with E-state index in [-0.39, 0.29) is 29.8 Å². The number of anilines is 1. The highest BCUT2D eigenvalue weighted by atomic mass is 79.9. The standard InChI is InChI=1S/C21H22BrN3O4/c1-14-2-4-15(5-3-14)21(27)16-8-10-24(11-9-16)13-20(26)23-19-7-6-17(25(28)29)12-18(19)22/h2-7,12,16H,8-11,13H2,1H3,(H,23,26). The summed E-state index contributed by atoms with van der Waals surface area (Å²) in [6.07, 6.45) is 1.45. The van der Waals surface area contributed by atoms with Crippen molar-refractivity contribution in [2.75, 3.05) is 25.0 Å². The number of non-ortho nitro benzene ring substituents is 1. The van der Waals surface area contributed by atoms with E-state index < -0.39 is 4.92 Å². The number of nitrogens with one attached hydrogen (secondary N) is 1. The monoisotopic (exact) mass is 459 g/mol. The van der Waals surface area contributed by atoms with Crippen LogP contribution in [-0.2, 0) is 4.79 Å². The van der Waals surface area contributed by atoms with E-state index in [4.69, 9.17) is 0 Å². The molecule has 0 spiro atoms. The molecule has 0 aromatic heterocycles. The number of nitrogens with zero attached hydrogens (tertiary/aromatic N) is 2. The number of nitro benzene ring substituents is 1. The van der Waals surface area contributed by atoms with Crippen molar-refractivity contribution in [1.29, 1.82) is 0 Å². The van der Waals surface area contributed by atoms with Gasteiger partial charge in [-0.1, -0.05) is 29.8 Å². The summed E-state index contributed by atoms with van der Waals surface area (Å²) < 4.78 is 0.461. The minimum atomic E-state index is -0.488. The molecule has 0 aliphatic carbocycles. The average Bonchev–Trinajstić information content (AvgIpc) is 2.70. The molecular weight excluding hydrogens is 438 g/mol. The fourth-order valence-corrected chi connectivity index (χ4v) is 3.88. The number of hydrogen-bond donors (Lipinski definition) is 1. The Kier molecular flexibility index (Phi) is 6.76. The summed E-state index contributed by atoms with van der Waals surface area (Å²) in [5.74, 6) is -0.0346. The van der Waals surface area contributed by atoms with Crippen molar-refractivity contribution < 1.29 is 14.5 Å². The summed E-state index contributed by atoms with van der Waals surface area (Å²) in [6, 6.07) is 11.9. The van der Waals surface area contributed by atoms with E-state index in [1.807, 2.05) is 36.1 Å². The number of ketones is 1. The Morgan fingerprint density at radius 1 is 1.17 bits per heavy atom. The highest BCUT2D eigenvalue weighted by molar-refractivity contribution is 9.10. The first-order chi connectivity index (χ1) is 13.8. The van der Waals surface area contributed by atoms with Crippen molar-refractivity contribution in [3.63, 3.8) is 0 Å². The molecule has 0 saturated carbocycles. The Balaban J connectivity index is 1.50. The number of rotatable bonds is 6. The first-order valence-corrected chi connectivity index (χ1v) is 10.2. The summed E-state index contributed by atoms with van der Waals surface area (Å²) in [5.41, 5.74) is 2.32. The van der Waals surface area contributed by atoms with E-state index in [2.05, 4.69) is 21.2 Å². The zero-order chi connectivity index (χ0) is 21.0. The maximum Gasteiger partial charge on any atom is 0.270 e. The second kappa shape index (κ2) is 9.28. The predicted octanol–water partition coefficient (Wildman–Crippen LogP) is 4.20. The predicted molar refractivity (Wildman–Crippen MR) is 114 cm³/mol. The van der Waals surface area contributed by atoms with Crippen LogP contribution in [0.5, 0.6) is 0 Å². The zero-order valence-electron chi connectivity index (χ0n) is 16.1. The lowest BCUT2D eigenvalue weighted by Gasteiger charge is -2.30. The highest BCUT2D eigenvalue weighted by Gasteiger charge is 2.26. The molecule has 3 rings (SSSR count). The molecule has 1 saturated heterocycles. The lowest BCUT2D eigenvalue weighted by atomic mass is 9.88. The third-order valence-corrected chi connectivity index (χ3v) is 5.76. The van der Waals surface area contributed by atoms with Crippen molar-refractivity contribution >= 4 is 39.0 Å². The smallest absolute Gasteiger partial charge is 0.270 e. The van der Waals surface area contributed by atoms with Crippen LogP contribution in [0, 0.1) is 23.0 Å². The number of hydrogen-bond acceptors (Lipinski definition) is 5. The van der Waals surface area contributed by atoms with Crippen molar-refractivity contribution in [3.05, 3.63) is 68.2 Å². The van der Waals surface area contributed by atoms with Gasteiger partial charge in [-0.25, -0.2) is 0 Å². The van der Waals surface area contributed by atoms with Gasteiger partial charge in [0, 0.05) is 28.1 Å². The van der Waals surface area contributed by atoms with Crippen molar-refractivity contribution in [1.82, 2.24) is 4.90 Å². The van der Waals surface area contributed by atoms with Crippen LogP contribution in [0.15, 0.2) is 46.9 Å². The van der Waals surface area contributed by atoms with E-state index >= 15 is 0 Å². The highest BCUT2D eigenvalue weighted by Crippen LogP contribution is 2.27. The number of Topliss-reactive ketones (excluding diaryl/α,β-unsaturated/α-hetero) is 1. The van der Waals surface area contributed by atoms with Gasteiger partial charge < -0.3 is 5.32 Å². The molecule has 1 amide bonds. The largest absolute Gasteiger partial charge is 0.324 e. The van der Waals surface area contributed by atoms with Gasteiger partial charge in [0.25, 0.3) is 5.69 Å². The van der Waals surface area contributed by atoms with Crippen LogP contribution in [0.3, 0.4) is 0 Å². The van der Waals surface area contributed by atoms with Gasteiger partial charge >= 0.3 is 0 Å². The number of carbonyl (C=O) groups is 2. The SMILES string of the molecule is Cc1ccc(C(=O)C2CCN(CC(=O)Nc3ccc([N+](=O)[O-])cc3Br)CC2)cc1. The Morgan fingerprint density at radius 3 is 2.41 bits per heavy atom. The number of aryl methyl sites for hydroxylation is 1. The van der Waals surface area contributed by atoms with Crippen molar-refractivity contribution in [2.45, 2.75) is 19.8 Å². The van der Waals surface area contributed by atoms with Crippen LogP contribution in [-0.4, -0.2) is 41.1 Å². The molecule has 7 nitrogen and oxygen atoms in total. The Hall–Kier alpha value is -2.58. The summed E-state index contributed by atoms with van der Waals surface area (Å²) >= 11 is 3.25. The van der Waals surface area contributed by atoms with Crippen LogP contribution in [0.4, 0.5) is 11.4 Å². The zero-order valence-corrected chi connectivity index (χ0v) is 17.6. The van der Waals surface area contributed by atoms with Gasteiger partial charge in [-0.3, -0.25) is 24.6 Å². The second-order valence-corrected chi connectivity index (χ2v) is 8.10. The van der Waals surface area contributed by atoms with Crippen LogP contribution in [0.2, 0.25) is 0 Å². The van der Waals surface area contributed by atoms with Gasteiger partial charge in [0.1, 0.15) is 0 Å². The third-order valence-electron chi connectivity index (χ3n) is 5.10. The molecule has 2 aromatic carbocycles. The third kappa shape index (κ3) is 5.48. The fourth-order valence-electron chi connectivity index (χ4n) is 3.42. The van der Waals surface area contributed by atoms with E-state index in [0.29, 0.717) is 23.2 Å². The maximum absolute atomic E-state index is 12.6. The molecule has 8 heteroatoms. The summed E-state index contributed by atoms with van der Waals surface area (Å²) in [5, 5.41) is 13.6. The van der Waals surface area contributed by atoms with Gasteiger partial charge in [-0.05, 0) is 54.9 Å². The summed E-state index contributed by atoms with van der Waals surface area (Å²) in [4.78, 5) is 37.3. The van der Waals surface area contributed by atoms with Gasteiger partial charge in [0.2, 0.25) is 5.91 Å². The molecule has 152 valence electrons. The van der Waals surface area contributed by atoms with Crippen LogP contribution < -0.4 is 5.32 Å². The summed E-state index contributed by atoms with van der Waals surface area (Å²) in [7, 11) is 0. The molecule has 1 N–H and O–H groups in total. The molecular formula is C21H22BrN3O4. The minimum Gasteiger partial charge on any atom is -0.324 e. The number of nitro groups is 1. The van der Waals surface area contributed by atoms with Crippen molar-refractivity contribution in [2.24, 2.45) is 5.92 Å². The number of benzene rings is 2. The quantitative estimate of drug-likeness (QED) is 0.396. The molecule has 0 bridgehead atoms. The van der Waals surface area contributed by atoms with E-state index in [9.17, 15) is 19.7 Å². The normalized spacial score (nSPS) is 15.1. The topological polar surface area (TPSA) is 92.6 Å². The van der Waals surface area contributed by atoms with Gasteiger partial charge in [-0.2, -0.15) is 0 Å². The average molecular weight is 460 g/mol. The van der Waals surface area contributed by atoms with Gasteiger partial charge in [0.05, 0.1) is 17.2 Å². The minimum absolute atomic E-state index is 0.0131. The molecule has 1 aliphatic rings. The van der Waals surface area contributed by atoms with E-state index in [1.54, 1.807) is 0 Å². The molecule has 0 unspecified atom stereocenters. The molecule has 1 aliphatic heterocycles. The number of halogens is 1. The maximum atomic E-state index is 12.6. The second-order valence-electron chi connectivity index (χ2n) is 7.25. The number of piperidine rings is 1. The Labute approximate surface area is 177 Å². The molecule has 29 heavy (non-hydrogen) atoms.